The van der Waals surface area contributed by atoms with E-state index in [1.165, 1.54) is 6.26 Å². The monoisotopic (exact) mass is 263 g/mol. The highest BCUT2D eigenvalue weighted by molar-refractivity contribution is 6.08. The molecule has 2 rings (SSSR count). The summed E-state index contributed by atoms with van der Waals surface area (Å²) in [7, 11) is 5.33. The van der Waals surface area contributed by atoms with Crippen LogP contribution in [0.2, 0.25) is 0 Å². The lowest BCUT2D eigenvalue weighted by Crippen LogP contribution is -2.52. The SMILES string of the molecule is [B]CNC(CO)C(O)(CF)c1ccc2ccoc2c1. The molecule has 1 aromatic carbocycles. The van der Waals surface area contributed by atoms with Gasteiger partial charge < -0.3 is 19.9 Å². The van der Waals surface area contributed by atoms with E-state index in [0.29, 0.717) is 11.1 Å². The fourth-order valence-corrected chi connectivity index (χ4v) is 2.12. The second-order valence-electron chi connectivity index (χ2n) is 4.37. The van der Waals surface area contributed by atoms with Crippen LogP contribution in [0.5, 0.6) is 0 Å². The molecule has 0 amide bonds. The highest BCUT2D eigenvalue weighted by atomic mass is 19.1. The van der Waals surface area contributed by atoms with Crippen molar-refractivity contribution in [3.05, 3.63) is 36.1 Å². The van der Waals surface area contributed by atoms with Gasteiger partial charge in [0.05, 0.1) is 26.8 Å². The molecule has 0 bridgehead atoms. The van der Waals surface area contributed by atoms with E-state index in [0.717, 1.165) is 5.39 Å². The van der Waals surface area contributed by atoms with Crippen LogP contribution in [-0.4, -0.2) is 43.8 Å². The molecule has 2 radical (unpaired) electrons. The second kappa shape index (κ2) is 5.73. The van der Waals surface area contributed by atoms with Crippen molar-refractivity contribution in [1.29, 1.82) is 0 Å². The number of furan rings is 1. The Morgan fingerprint density at radius 1 is 1.42 bits per heavy atom. The number of hydrogen-bond acceptors (Lipinski definition) is 4. The molecule has 1 aromatic heterocycles. The van der Waals surface area contributed by atoms with Gasteiger partial charge in [-0.05, 0) is 24.1 Å². The number of halogens is 1. The maximum atomic E-state index is 13.3. The first-order valence-corrected chi connectivity index (χ1v) is 5.96. The number of aliphatic hydroxyl groups excluding tert-OH is 1. The molecule has 3 N–H and O–H groups in total. The Morgan fingerprint density at radius 2 is 2.21 bits per heavy atom. The van der Waals surface area contributed by atoms with E-state index < -0.39 is 24.9 Å². The Hall–Kier alpha value is -1.37. The topological polar surface area (TPSA) is 65.6 Å². The molecule has 2 aromatic rings. The van der Waals surface area contributed by atoms with Gasteiger partial charge in [0, 0.05) is 5.39 Å². The molecule has 100 valence electrons. The maximum absolute atomic E-state index is 13.3. The summed E-state index contributed by atoms with van der Waals surface area (Å²) >= 11 is 0. The number of aliphatic hydroxyl groups is 2. The third kappa shape index (κ3) is 2.52. The molecule has 4 nitrogen and oxygen atoms in total. The average Bonchev–Trinajstić information content (AvgIpc) is 2.91. The number of benzene rings is 1. The normalized spacial score (nSPS) is 16.4. The van der Waals surface area contributed by atoms with Crippen molar-refractivity contribution in [2.24, 2.45) is 0 Å². The van der Waals surface area contributed by atoms with Crippen LogP contribution in [-0.2, 0) is 5.60 Å². The highest BCUT2D eigenvalue weighted by Crippen LogP contribution is 2.29. The Labute approximate surface area is 111 Å². The predicted molar refractivity (Wildman–Crippen MR) is 70.7 cm³/mol. The van der Waals surface area contributed by atoms with Crippen molar-refractivity contribution in [1.82, 2.24) is 5.32 Å². The Kier molecular flexibility index (Phi) is 4.24. The van der Waals surface area contributed by atoms with Gasteiger partial charge in [0.15, 0.2) is 0 Å². The van der Waals surface area contributed by atoms with Crippen LogP contribution in [0, 0.1) is 0 Å². The molecular weight excluding hydrogens is 248 g/mol. The average molecular weight is 263 g/mol. The van der Waals surface area contributed by atoms with Gasteiger partial charge in [-0.25, -0.2) is 4.39 Å². The summed E-state index contributed by atoms with van der Waals surface area (Å²) in [6.45, 7) is -1.48. The van der Waals surface area contributed by atoms with Crippen molar-refractivity contribution in [3.63, 3.8) is 0 Å². The molecule has 0 saturated carbocycles. The molecule has 0 spiro atoms. The first kappa shape index (κ1) is 14.1. The molecule has 6 heteroatoms. The minimum absolute atomic E-state index is 0.0243. The number of hydrogen-bond donors (Lipinski definition) is 3. The van der Waals surface area contributed by atoms with Crippen LogP contribution in [0.25, 0.3) is 11.0 Å². The second-order valence-corrected chi connectivity index (χ2v) is 4.37. The molecule has 0 saturated heterocycles. The zero-order valence-corrected chi connectivity index (χ0v) is 10.3. The quantitative estimate of drug-likeness (QED) is 0.670. The van der Waals surface area contributed by atoms with E-state index in [9.17, 15) is 14.6 Å². The molecule has 0 aliphatic carbocycles. The fraction of sp³-hybridized carbons (Fsp3) is 0.385. The predicted octanol–water partition coefficient (Wildman–Crippen LogP) is 0.666. The Bertz CT molecular complexity index is 547. The molecule has 0 aliphatic rings. The van der Waals surface area contributed by atoms with Gasteiger partial charge in [0.2, 0.25) is 0 Å². The highest BCUT2D eigenvalue weighted by Gasteiger charge is 2.38. The first-order chi connectivity index (χ1) is 9.15. The summed E-state index contributed by atoms with van der Waals surface area (Å²) in [6, 6.07) is 5.78. The van der Waals surface area contributed by atoms with E-state index in [1.807, 2.05) is 0 Å². The largest absolute Gasteiger partial charge is 0.464 e. The summed E-state index contributed by atoms with van der Waals surface area (Å²) in [5.74, 6) is 0. The van der Waals surface area contributed by atoms with Gasteiger partial charge in [0.25, 0.3) is 0 Å². The van der Waals surface area contributed by atoms with Crippen LogP contribution in [0.1, 0.15) is 5.56 Å². The molecular formula is C13H15BFNO3. The van der Waals surface area contributed by atoms with Crippen LogP contribution >= 0.6 is 0 Å². The Balaban J connectivity index is 2.43. The lowest BCUT2D eigenvalue weighted by atomic mass is 9.86. The minimum Gasteiger partial charge on any atom is -0.464 e. The smallest absolute Gasteiger partial charge is 0.135 e. The van der Waals surface area contributed by atoms with E-state index in [2.05, 4.69) is 5.32 Å². The van der Waals surface area contributed by atoms with Gasteiger partial charge in [0.1, 0.15) is 17.9 Å². The van der Waals surface area contributed by atoms with E-state index in [4.69, 9.17) is 12.3 Å². The summed E-state index contributed by atoms with van der Waals surface area (Å²) < 4.78 is 18.6. The van der Waals surface area contributed by atoms with Crippen LogP contribution in [0.15, 0.2) is 34.9 Å². The van der Waals surface area contributed by atoms with Crippen molar-refractivity contribution in [3.8, 4) is 0 Å². The molecule has 0 fully saturated rings. The van der Waals surface area contributed by atoms with E-state index in [-0.39, 0.29) is 6.44 Å². The standard InChI is InChI=1S/C13H15BFNO3/c14-8-16-12(6-17)13(18,7-15)10-2-1-9-3-4-19-11(9)5-10/h1-5,12,16-18H,6-8H2. The Morgan fingerprint density at radius 3 is 2.84 bits per heavy atom. The zero-order valence-electron chi connectivity index (χ0n) is 10.3. The molecule has 0 aliphatic heterocycles. The zero-order chi connectivity index (χ0) is 13.9. The van der Waals surface area contributed by atoms with Gasteiger partial charge >= 0.3 is 0 Å². The lowest BCUT2D eigenvalue weighted by Gasteiger charge is -2.33. The molecule has 2 unspecified atom stereocenters. The van der Waals surface area contributed by atoms with Crippen molar-refractivity contribution >= 4 is 18.8 Å². The third-order valence-corrected chi connectivity index (χ3v) is 3.28. The van der Waals surface area contributed by atoms with Crippen molar-refractivity contribution in [2.45, 2.75) is 11.6 Å². The minimum atomic E-state index is -1.85. The van der Waals surface area contributed by atoms with Crippen LogP contribution < -0.4 is 5.32 Å². The first-order valence-electron chi connectivity index (χ1n) is 5.96. The van der Waals surface area contributed by atoms with Crippen LogP contribution in [0.4, 0.5) is 4.39 Å². The third-order valence-electron chi connectivity index (χ3n) is 3.28. The number of fused-ring (bicyclic) bond motifs is 1. The lowest BCUT2D eigenvalue weighted by molar-refractivity contribution is -0.0393. The van der Waals surface area contributed by atoms with Gasteiger partial charge in [-0.15, -0.1) is 0 Å². The number of nitrogens with one attached hydrogen (secondary N) is 1. The fourth-order valence-electron chi connectivity index (χ4n) is 2.12. The van der Waals surface area contributed by atoms with Gasteiger partial charge in [-0.1, -0.05) is 12.1 Å². The summed E-state index contributed by atoms with van der Waals surface area (Å²) in [5.41, 5.74) is -0.971. The summed E-state index contributed by atoms with van der Waals surface area (Å²) in [4.78, 5) is 0. The van der Waals surface area contributed by atoms with Gasteiger partial charge in [-0.2, -0.15) is 0 Å². The van der Waals surface area contributed by atoms with E-state index in [1.54, 1.807) is 24.3 Å². The summed E-state index contributed by atoms with van der Waals surface area (Å²) in [5, 5.41) is 23.3. The van der Waals surface area contributed by atoms with E-state index >= 15 is 0 Å². The van der Waals surface area contributed by atoms with Crippen molar-refractivity contribution < 1.29 is 19.0 Å². The molecule has 2 atom stereocenters. The van der Waals surface area contributed by atoms with Crippen molar-refractivity contribution in [2.75, 3.05) is 19.7 Å². The maximum Gasteiger partial charge on any atom is 0.135 e. The molecule has 1 heterocycles. The number of alkyl halides is 1. The molecule has 19 heavy (non-hydrogen) atoms. The van der Waals surface area contributed by atoms with Crippen LogP contribution in [0.3, 0.4) is 0 Å². The summed E-state index contributed by atoms with van der Waals surface area (Å²) in [6.07, 6.45) is 1.54. The van der Waals surface area contributed by atoms with Gasteiger partial charge in [-0.3, -0.25) is 0 Å². The number of rotatable bonds is 6.